The van der Waals surface area contributed by atoms with Crippen LogP contribution in [0.15, 0.2) is 79.0 Å². The van der Waals surface area contributed by atoms with Crippen LogP contribution in [0.25, 0.3) is 11.4 Å². The molecule has 0 spiro atoms. The normalized spacial score (nSPS) is 14.1. The summed E-state index contributed by atoms with van der Waals surface area (Å²) in [6, 6.07) is 22.4. The average molecular weight is 458 g/mol. The SMILES string of the molecule is O=C(Nc1nc(-c2ccccn2)c(C2CCOCC2)s1)c1ccc(Oc2ccccc2)cc1. The first-order valence-corrected chi connectivity index (χ1v) is 11.7. The summed E-state index contributed by atoms with van der Waals surface area (Å²) in [4.78, 5) is 23.3. The van der Waals surface area contributed by atoms with Crippen molar-refractivity contribution in [2.75, 3.05) is 18.5 Å². The maximum Gasteiger partial charge on any atom is 0.257 e. The summed E-state index contributed by atoms with van der Waals surface area (Å²) in [6.07, 6.45) is 3.65. The van der Waals surface area contributed by atoms with E-state index in [0.717, 1.165) is 48.1 Å². The molecule has 0 radical (unpaired) electrons. The molecule has 5 rings (SSSR count). The number of hydrogen-bond acceptors (Lipinski definition) is 6. The molecule has 6 nitrogen and oxygen atoms in total. The van der Waals surface area contributed by atoms with Crippen LogP contribution in [0, 0.1) is 0 Å². The van der Waals surface area contributed by atoms with Gasteiger partial charge in [-0.2, -0.15) is 0 Å². The first-order chi connectivity index (χ1) is 16.3. The van der Waals surface area contributed by atoms with Gasteiger partial charge in [-0.1, -0.05) is 24.3 Å². The molecule has 1 saturated heterocycles. The Bertz CT molecular complexity index is 1200. The Labute approximate surface area is 196 Å². The summed E-state index contributed by atoms with van der Waals surface area (Å²) in [6.45, 7) is 1.48. The maximum absolute atomic E-state index is 12.9. The Balaban J connectivity index is 1.34. The number of nitrogens with one attached hydrogen (secondary N) is 1. The van der Waals surface area contributed by atoms with Crippen LogP contribution < -0.4 is 10.1 Å². The number of thiazole rings is 1. The van der Waals surface area contributed by atoms with E-state index in [4.69, 9.17) is 14.5 Å². The lowest BCUT2D eigenvalue weighted by Crippen LogP contribution is -2.13. The summed E-state index contributed by atoms with van der Waals surface area (Å²) < 4.78 is 11.3. The molecule has 3 heterocycles. The molecule has 1 amide bonds. The van der Waals surface area contributed by atoms with Gasteiger partial charge in [-0.3, -0.25) is 15.1 Å². The van der Waals surface area contributed by atoms with Crippen molar-refractivity contribution in [1.29, 1.82) is 0 Å². The molecule has 4 aromatic rings. The Morgan fingerprint density at radius 1 is 0.939 bits per heavy atom. The van der Waals surface area contributed by atoms with E-state index < -0.39 is 0 Å². The number of para-hydroxylation sites is 1. The molecular formula is C26H23N3O3S. The highest BCUT2D eigenvalue weighted by atomic mass is 32.1. The topological polar surface area (TPSA) is 73.3 Å². The molecule has 7 heteroatoms. The van der Waals surface area contributed by atoms with Crippen LogP contribution in [0.2, 0.25) is 0 Å². The van der Waals surface area contributed by atoms with Gasteiger partial charge in [0.2, 0.25) is 0 Å². The van der Waals surface area contributed by atoms with Crippen LogP contribution in [-0.2, 0) is 4.74 Å². The zero-order chi connectivity index (χ0) is 22.5. The van der Waals surface area contributed by atoms with Crippen molar-refractivity contribution in [1.82, 2.24) is 9.97 Å². The molecule has 2 aromatic heterocycles. The van der Waals surface area contributed by atoms with Gasteiger partial charge in [-0.25, -0.2) is 4.98 Å². The van der Waals surface area contributed by atoms with Crippen molar-refractivity contribution in [3.05, 3.63) is 89.4 Å². The molecular weight excluding hydrogens is 434 g/mol. The van der Waals surface area contributed by atoms with Gasteiger partial charge in [-0.05, 0) is 61.4 Å². The zero-order valence-electron chi connectivity index (χ0n) is 17.9. The fourth-order valence-electron chi connectivity index (χ4n) is 3.78. The Morgan fingerprint density at radius 2 is 1.67 bits per heavy atom. The Hall–Kier alpha value is -3.55. The van der Waals surface area contributed by atoms with Crippen molar-refractivity contribution >= 4 is 22.4 Å². The third-order valence-corrected chi connectivity index (χ3v) is 6.60. The molecule has 0 aliphatic carbocycles. The van der Waals surface area contributed by atoms with Crippen LogP contribution in [0.1, 0.15) is 34.0 Å². The monoisotopic (exact) mass is 457 g/mol. The van der Waals surface area contributed by atoms with Gasteiger partial charge >= 0.3 is 0 Å². The molecule has 1 aliphatic rings. The standard InChI is InChI=1S/C26H23N3O3S/c30-25(19-9-11-21(12-10-19)32-20-6-2-1-3-7-20)29-26-28-23(22-8-4-5-15-27-22)24(33-26)18-13-16-31-17-14-18/h1-12,15,18H,13-14,16-17H2,(H,28,29,30). The summed E-state index contributed by atoms with van der Waals surface area (Å²) >= 11 is 1.53. The number of anilines is 1. The van der Waals surface area contributed by atoms with Crippen LogP contribution in [0.3, 0.4) is 0 Å². The van der Waals surface area contributed by atoms with Crippen molar-refractivity contribution in [3.63, 3.8) is 0 Å². The lowest BCUT2D eigenvalue weighted by Gasteiger charge is -2.21. The summed E-state index contributed by atoms with van der Waals surface area (Å²) in [5, 5.41) is 3.54. The predicted octanol–water partition coefficient (Wildman–Crippen LogP) is 6.14. The highest BCUT2D eigenvalue weighted by molar-refractivity contribution is 7.16. The molecule has 2 aromatic carbocycles. The molecule has 33 heavy (non-hydrogen) atoms. The lowest BCUT2D eigenvalue weighted by atomic mass is 9.96. The number of pyridine rings is 1. The number of ether oxygens (including phenoxy) is 2. The van der Waals surface area contributed by atoms with E-state index in [0.29, 0.717) is 22.4 Å². The second-order valence-electron chi connectivity index (χ2n) is 7.73. The van der Waals surface area contributed by atoms with E-state index in [2.05, 4.69) is 10.3 Å². The van der Waals surface area contributed by atoms with Gasteiger partial charge in [0, 0.05) is 35.8 Å². The van der Waals surface area contributed by atoms with Crippen molar-refractivity contribution in [2.24, 2.45) is 0 Å². The first-order valence-electron chi connectivity index (χ1n) is 10.9. The number of aromatic nitrogens is 2. The third-order valence-electron chi connectivity index (χ3n) is 5.47. The van der Waals surface area contributed by atoms with Crippen LogP contribution in [0.5, 0.6) is 11.5 Å². The number of carbonyl (C=O) groups is 1. The van der Waals surface area contributed by atoms with E-state index >= 15 is 0 Å². The second-order valence-corrected chi connectivity index (χ2v) is 8.76. The van der Waals surface area contributed by atoms with Crippen LogP contribution >= 0.6 is 11.3 Å². The number of hydrogen-bond donors (Lipinski definition) is 1. The van der Waals surface area contributed by atoms with Gasteiger partial charge in [0.15, 0.2) is 5.13 Å². The van der Waals surface area contributed by atoms with Crippen molar-refractivity contribution in [2.45, 2.75) is 18.8 Å². The number of benzene rings is 2. The van der Waals surface area contributed by atoms with Crippen molar-refractivity contribution < 1.29 is 14.3 Å². The molecule has 0 bridgehead atoms. The smallest absolute Gasteiger partial charge is 0.257 e. The maximum atomic E-state index is 12.9. The van der Waals surface area contributed by atoms with E-state index in [1.807, 2.05) is 48.5 Å². The molecule has 0 saturated carbocycles. The number of nitrogens with zero attached hydrogens (tertiary/aromatic N) is 2. The minimum absolute atomic E-state index is 0.207. The zero-order valence-corrected chi connectivity index (χ0v) is 18.8. The number of amides is 1. The van der Waals surface area contributed by atoms with Crippen molar-refractivity contribution in [3.8, 4) is 22.9 Å². The predicted molar refractivity (Wildman–Crippen MR) is 129 cm³/mol. The minimum Gasteiger partial charge on any atom is -0.457 e. The molecule has 1 fully saturated rings. The first kappa shape index (κ1) is 21.3. The van der Waals surface area contributed by atoms with Gasteiger partial charge in [0.05, 0.1) is 5.69 Å². The lowest BCUT2D eigenvalue weighted by molar-refractivity contribution is 0.0860. The largest absolute Gasteiger partial charge is 0.457 e. The van der Waals surface area contributed by atoms with E-state index in [1.54, 1.807) is 30.5 Å². The Kier molecular flexibility index (Phi) is 6.41. The molecule has 0 unspecified atom stereocenters. The molecule has 1 N–H and O–H groups in total. The minimum atomic E-state index is -0.207. The molecule has 1 aliphatic heterocycles. The highest BCUT2D eigenvalue weighted by Crippen LogP contribution is 2.40. The van der Waals surface area contributed by atoms with E-state index in [9.17, 15) is 4.79 Å². The van der Waals surface area contributed by atoms with Crippen LogP contribution in [-0.4, -0.2) is 29.1 Å². The van der Waals surface area contributed by atoms with Gasteiger partial charge in [0.25, 0.3) is 5.91 Å². The number of rotatable bonds is 6. The fourth-order valence-corrected chi connectivity index (χ4v) is 4.91. The third kappa shape index (κ3) is 5.10. The highest BCUT2D eigenvalue weighted by Gasteiger charge is 2.25. The number of carbonyl (C=O) groups excluding carboxylic acids is 1. The van der Waals surface area contributed by atoms with Gasteiger partial charge in [-0.15, -0.1) is 11.3 Å². The van der Waals surface area contributed by atoms with Gasteiger partial charge in [0.1, 0.15) is 17.2 Å². The molecule has 166 valence electrons. The summed E-state index contributed by atoms with van der Waals surface area (Å²) in [5.41, 5.74) is 2.20. The van der Waals surface area contributed by atoms with Gasteiger partial charge < -0.3 is 9.47 Å². The van der Waals surface area contributed by atoms with E-state index in [-0.39, 0.29) is 5.91 Å². The van der Waals surface area contributed by atoms with Crippen LogP contribution in [0.4, 0.5) is 5.13 Å². The fraction of sp³-hybridized carbons (Fsp3) is 0.192. The molecule has 0 atom stereocenters. The second kappa shape index (κ2) is 9.94. The Morgan fingerprint density at radius 3 is 2.39 bits per heavy atom. The summed E-state index contributed by atoms with van der Waals surface area (Å²) in [5.74, 6) is 1.57. The quantitative estimate of drug-likeness (QED) is 0.376. The summed E-state index contributed by atoms with van der Waals surface area (Å²) in [7, 11) is 0. The van der Waals surface area contributed by atoms with E-state index in [1.165, 1.54) is 11.3 Å². The average Bonchev–Trinajstić information content (AvgIpc) is 3.30.